The van der Waals surface area contributed by atoms with Crippen molar-refractivity contribution in [1.29, 1.82) is 0 Å². The van der Waals surface area contributed by atoms with Gasteiger partial charge in [-0.15, -0.1) is 12.0 Å². The summed E-state index contributed by atoms with van der Waals surface area (Å²) in [6, 6.07) is 20.3. The van der Waals surface area contributed by atoms with Crippen molar-refractivity contribution in [3.63, 3.8) is 0 Å². The summed E-state index contributed by atoms with van der Waals surface area (Å²) < 4.78 is 0. The number of rotatable bonds is 3. The van der Waals surface area contributed by atoms with Gasteiger partial charge in [0.1, 0.15) is 0 Å². The van der Waals surface area contributed by atoms with Crippen LogP contribution in [0.5, 0.6) is 0 Å². The molecule has 5 rings (SSSR count). The largest absolute Gasteiger partial charge is 3.00 e. The van der Waals surface area contributed by atoms with Crippen LogP contribution in [0.2, 0.25) is 0 Å². The Morgan fingerprint density at radius 1 is 0.727 bits per heavy atom. The fourth-order valence-corrected chi connectivity index (χ4v) is 5.08. The Morgan fingerprint density at radius 3 is 1.76 bits per heavy atom. The topological polar surface area (TPSA) is 0 Å². The van der Waals surface area contributed by atoms with Crippen molar-refractivity contribution in [2.24, 2.45) is 23.7 Å². The first-order valence-electron chi connectivity index (χ1n) is 10.9. The van der Waals surface area contributed by atoms with E-state index in [0.29, 0.717) is 0 Å². The summed E-state index contributed by atoms with van der Waals surface area (Å²) in [5.41, 5.74) is 4.20. The molecule has 0 bridgehead atoms. The zero-order valence-corrected chi connectivity index (χ0v) is 21.3. The van der Waals surface area contributed by atoms with Gasteiger partial charge in [-0.1, -0.05) is 124 Å². The molecule has 2 saturated carbocycles. The Labute approximate surface area is 222 Å². The average Bonchev–Trinajstić information content (AvgIpc) is 3.18. The second-order valence-corrected chi connectivity index (χ2v) is 8.42. The Balaban J connectivity index is 0.000000560. The normalized spacial score (nSPS) is 23.4. The smallest absolute Gasteiger partial charge is 0.358 e. The molecule has 33 heavy (non-hydrogen) atoms. The molecule has 3 aliphatic carbocycles. The van der Waals surface area contributed by atoms with E-state index in [1.807, 2.05) is 36.4 Å². The summed E-state index contributed by atoms with van der Waals surface area (Å²) in [6.07, 6.45) is 17.8. The minimum Gasteiger partial charge on any atom is -0.358 e. The quantitative estimate of drug-likeness (QED) is 0.242. The molecule has 0 nitrogen and oxygen atoms in total. The molecule has 4 atom stereocenters. The molecule has 2 heteroatoms. The number of benzene rings is 2. The SMILES string of the molecule is C1=CC2[CH-]C3CCCCC3C2C=C1.C=C(C(=C)c1ccccc1)c1ccccc1.[CH3-].[CH3-].[SiH4].[Ti+3]. The Morgan fingerprint density at radius 2 is 1.21 bits per heavy atom. The molecule has 0 heterocycles. The molecule has 0 amide bonds. The third-order valence-electron chi connectivity index (χ3n) is 6.67. The summed E-state index contributed by atoms with van der Waals surface area (Å²) in [5.74, 6) is 3.56. The average molecular weight is 490 g/mol. The summed E-state index contributed by atoms with van der Waals surface area (Å²) in [5, 5.41) is 0. The van der Waals surface area contributed by atoms with E-state index in [1.54, 1.807) is 0 Å². The molecule has 0 saturated heterocycles. The van der Waals surface area contributed by atoms with Crippen molar-refractivity contribution in [3.8, 4) is 0 Å². The van der Waals surface area contributed by atoms with E-state index in [-0.39, 0.29) is 47.5 Å². The molecule has 2 fully saturated rings. The van der Waals surface area contributed by atoms with Crippen LogP contribution < -0.4 is 0 Å². The van der Waals surface area contributed by atoms with Crippen LogP contribution in [-0.2, 0) is 21.7 Å². The molecular weight excluding hydrogens is 448 g/mol. The van der Waals surface area contributed by atoms with Crippen molar-refractivity contribution in [3.05, 3.63) is 131 Å². The maximum atomic E-state index is 4.10. The first-order valence-corrected chi connectivity index (χ1v) is 10.9. The van der Waals surface area contributed by atoms with E-state index in [2.05, 4.69) is 68.1 Å². The molecule has 0 spiro atoms. The van der Waals surface area contributed by atoms with Crippen molar-refractivity contribution in [2.75, 3.05) is 0 Å². The van der Waals surface area contributed by atoms with Gasteiger partial charge in [-0.3, -0.25) is 0 Å². The molecule has 1 radical (unpaired) electrons. The van der Waals surface area contributed by atoms with Crippen LogP contribution in [0.1, 0.15) is 36.8 Å². The molecule has 4 unspecified atom stereocenters. The van der Waals surface area contributed by atoms with Gasteiger partial charge in [-0.25, -0.2) is 0 Å². The number of hydrogen-bond donors (Lipinski definition) is 0. The van der Waals surface area contributed by atoms with Crippen molar-refractivity contribution < 1.29 is 21.7 Å². The number of hydrogen-bond acceptors (Lipinski definition) is 0. The molecule has 3 aliphatic rings. The maximum absolute atomic E-state index is 4.10. The monoisotopic (exact) mass is 489 g/mol. The second-order valence-electron chi connectivity index (χ2n) is 8.42. The van der Waals surface area contributed by atoms with Crippen molar-refractivity contribution in [1.82, 2.24) is 0 Å². The van der Waals surface area contributed by atoms with Gasteiger partial charge >= 0.3 is 21.7 Å². The molecule has 0 aromatic heterocycles. The Bertz CT molecular complexity index is 848. The van der Waals surface area contributed by atoms with Gasteiger partial charge in [0, 0.05) is 0 Å². The van der Waals surface area contributed by atoms with E-state index in [9.17, 15) is 0 Å². The van der Waals surface area contributed by atoms with E-state index in [0.717, 1.165) is 45.9 Å². The Hall–Kier alpha value is -1.67. The first kappa shape index (κ1) is 31.3. The third-order valence-corrected chi connectivity index (χ3v) is 6.67. The van der Waals surface area contributed by atoms with Gasteiger partial charge in [0.05, 0.1) is 0 Å². The summed E-state index contributed by atoms with van der Waals surface area (Å²) in [7, 11) is 0. The fourth-order valence-electron chi connectivity index (χ4n) is 5.08. The zero-order valence-electron chi connectivity index (χ0n) is 19.7. The van der Waals surface area contributed by atoms with Crippen molar-refractivity contribution in [2.45, 2.75) is 25.7 Å². The van der Waals surface area contributed by atoms with E-state index >= 15 is 0 Å². The van der Waals surface area contributed by atoms with E-state index < -0.39 is 0 Å². The van der Waals surface area contributed by atoms with Gasteiger partial charge in [0.15, 0.2) is 0 Å². The number of allylic oxidation sites excluding steroid dienone is 6. The van der Waals surface area contributed by atoms with E-state index in [4.69, 9.17) is 0 Å². The van der Waals surface area contributed by atoms with Crippen LogP contribution in [0, 0.1) is 44.9 Å². The maximum Gasteiger partial charge on any atom is 3.00 e. The van der Waals surface area contributed by atoms with Gasteiger partial charge in [-0.05, 0) is 39.2 Å². The fraction of sp³-hybridized carbons (Fsp3) is 0.258. The second kappa shape index (κ2) is 15.3. The van der Waals surface area contributed by atoms with Crippen LogP contribution in [0.15, 0.2) is 98.1 Å². The van der Waals surface area contributed by atoms with Crippen LogP contribution in [0.25, 0.3) is 11.1 Å². The van der Waals surface area contributed by atoms with Crippen LogP contribution in [0.4, 0.5) is 0 Å². The molecule has 173 valence electrons. The number of fused-ring (bicyclic) bond motifs is 3. The predicted octanol–water partition coefficient (Wildman–Crippen LogP) is 7.23. The standard InChI is InChI=1S/C16H14.C13H17.2CH3.H4Si.Ti/c1-13(15-9-5-3-6-10-15)14(2)16-11-7-4-8-12-16;1-3-7-12-10(5-1)9-11-6-2-4-8-13(11)12;;;;/h3-12H,1-2H2;1,3,5,7,9-13H,2,4,6,8H2;2*1H3;1H4;/q;3*-1;;+3. The van der Waals surface area contributed by atoms with Gasteiger partial charge in [0.25, 0.3) is 0 Å². The molecule has 2 aromatic carbocycles. The predicted molar refractivity (Wildman–Crippen MR) is 150 cm³/mol. The molecule has 0 aliphatic heterocycles. The molecule has 2 aromatic rings. The minimum absolute atomic E-state index is 0. The van der Waals surface area contributed by atoms with Gasteiger partial charge in [-0.2, -0.15) is 5.92 Å². The first-order chi connectivity index (χ1) is 14.2. The van der Waals surface area contributed by atoms with Gasteiger partial charge < -0.3 is 21.3 Å². The minimum atomic E-state index is 0. The summed E-state index contributed by atoms with van der Waals surface area (Å²) >= 11 is 0. The molecule has 0 N–H and O–H groups in total. The van der Waals surface area contributed by atoms with Crippen LogP contribution in [-0.4, -0.2) is 11.0 Å². The van der Waals surface area contributed by atoms with Crippen LogP contribution >= 0.6 is 0 Å². The van der Waals surface area contributed by atoms with Crippen molar-refractivity contribution >= 4 is 22.1 Å². The van der Waals surface area contributed by atoms with Gasteiger partial charge in [0.2, 0.25) is 0 Å². The summed E-state index contributed by atoms with van der Waals surface area (Å²) in [6.45, 7) is 8.20. The third kappa shape index (κ3) is 7.67. The van der Waals surface area contributed by atoms with E-state index in [1.165, 1.54) is 25.7 Å². The zero-order chi connectivity index (χ0) is 20.1. The molecular formula is C31H41SiTi. The Kier molecular flexibility index (Phi) is 14.5. The summed E-state index contributed by atoms with van der Waals surface area (Å²) in [4.78, 5) is 0. The van der Waals surface area contributed by atoms with Crippen LogP contribution in [0.3, 0.4) is 0 Å².